The Hall–Kier alpha value is -1.22. The summed E-state index contributed by atoms with van der Waals surface area (Å²) >= 11 is 2.03. The molecule has 0 bridgehead atoms. The highest BCUT2D eigenvalue weighted by molar-refractivity contribution is 14.1. The van der Waals surface area contributed by atoms with Crippen LogP contribution in [0.4, 0.5) is 10.1 Å². The molecule has 0 aromatic heterocycles. The highest BCUT2D eigenvalue weighted by Gasteiger charge is 2.32. The first-order valence-corrected chi connectivity index (χ1v) is 9.27. The second kappa shape index (κ2) is 6.95. The van der Waals surface area contributed by atoms with Crippen molar-refractivity contribution in [2.24, 2.45) is 10.1 Å². The summed E-state index contributed by atoms with van der Waals surface area (Å²) in [6.07, 6.45) is 0. The molecule has 0 saturated carbocycles. The Morgan fingerprint density at radius 3 is 2.54 bits per heavy atom. The van der Waals surface area contributed by atoms with E-state index in [0.29, 0.717) is 3.57 Å². The van der Waals surface area contributed by atoms with Crippen LogP contribution in [-0.2, 0) is 0 Å². The van der Waals surface area contributed by atoms with Crippen molar-refractivity contribution in [3.05, 3.63) is 27.1 Å². The highest BCUT2D eigenvalue weighted by Crippen LogP contribution is 2.37. The first kappa shape index (κ1) is 17.6. The molecule has 0 amide bonds. The van der Waals surface area contributed by atoms with Crippen LogP contribution in [0, 0.1) is 9.39 Å². The fourth-order valence-corrected chi connectivity index (χ4v) is 3.51. The van der Waals surface area contributed by atoms with Crippen LogP contribution in [-0.4, -0.2) is 59.7 Å². The Bertz CT molecular complexity index is 690. The summed E-state index contributed by atoms with van der Waals surface area (Å²) < 4.78 is 14.6. The van der Waals surface area contributed by atoms with Crippen LogP contribution in [0.15, 0.2) is 22.2 Å². The van der Waals surface area contributed by atoms with Gasteiger partial charge in [-0.15, -0.1) is 0 Å². The number of halogens is 2. The van der Waals surface area contributed by atoms with Crippen LogP contribution in [0.1, 0.15) is 32.4 Å². The molecule has 1 aromatic rings. The van der Waals surface area contributed by atoms with Gasteiger partial charge in [-0.1, -0.05) is 0 Å². The minimum Gasteiger partial charge on any atom is -0.338 e. The zero-order chi connectivity index (χ0) is 17.4. The van der Waals surface area contributed by atoms with Crippen molar-refractivity contribution >= 4 is 39.9 Å². The molecule has 1 fully saturated rings. The molecule has 2 heterocycles. The molecule has 1 unspecified atom stereocenters. The molecule has 1 aromatic carbocycles. The van der Waals surface area contributed by atoms with Gasteiger partial charge in [0.25, 0.3) is 0 Å². The standard InChI is InChI=1S/C17H23FIN5/c1-11(2)21-24-12(3)13-9-15(19)14(18)10-16(13)20-17(24)23-7-5-22(4)6-8-23/h9-10,12H,5-8H2,1-4H3. The maximum absolute atomic E-state index is 14.0. The predicted octanol–water partition coefficient (Wildman–Crippen LogP) is 3.44. The smallest absolute Gasteiger partial charge is 0.223 e. The second-order valence-electron chi connectivity index (χ2n) is 6.60. The summed E-state index contributed by atoms with van der Waals surface area (Å²) in [7, 11) is 2.13. The molecule has 24 heavy (non-hydrogen) atoms. The number of benzene rings is 1. The topological polar surface area (TPSA) is 34.4 Å². The van der Waals surface area contributed by atoms with E-state index in [1.807, 2.05) is 47.5 Å². The molecule has 2 aliphatic rings. The third-order valence-corrected chi connectivity index (χ3v) is 5.23. The van der Waals surface area contributed by atoms with Crippen LogP contribution >= 0.6 is 22.6 Å². The van der Waals surface area contributed by atoms with Crippen molar-refractivity contribution in [2.75, 3.05) is 33.2 Å². The zero-order valence-electron chi connectivity index (χ0n) is 14.6. The summed E-state index contributed by atoms with van der Waals surface area (Å²) in [6, 6.07) is 3.45. The number of piperazine rings is 1. The molecule has 0 N–H and O–H groups in total. The quantitative estimate of drug-likeness (QED) is 0.493. The van der Waals surface area contributed by atoms with Crippen molar-refractivity contribution in [3.63, 3.8) is 0 Å². The van der Waals surface area contributed by atoms with E-state index in [2.05, 4.69) is 23.8 Å². The molecular formula is C17H23FIN5. The maximum atomic E-state index is 14.0. The Morgan fingerprint density at radius 2 is 1.92 bits per heavy atom. The van der Waals surface area contributed by atoms with Gasteiger partial charge in [-0.3, -0.25) is 0 Å². The van der Waals surface area contributed by atoms with E-state index in [9.17, 15) is 4.39 Å². The van der Waals surface area contributed by atoms with E-state index in [4.69, 9.17) is 10.1 Å². The molecule has 0 aliphatic carbocycles. The number of fused-ring (bicyclic) bond motifs is 1. The third kappa shape index (κ3) is 3.42. The number of aliphatic imine (C=N–C) groups is 1. The van der Waals surface area contributed by atoms with Crippen molar-refractivity contribution in [1.29, 1.82) is 0 Å². The molecule has 0 spiro atoms. The average molecular weight is 443 g/mol. The lowest BCUT2D eigenvalue weighted by Crippen LogP contribution is -2.52. The molecule has 1 saturated heterocycles. The highest BCUT2D eigenvalue weighted by atomic mass is 127. The number of rotatable bonds is 1. The van der Waals surface area contributed by atoms with Gasteiger partial charge >= 0.3 is 0 Å². The van der Waals surface area contributed by atoms with Crippen LogP contribution in [0.3, 0.4) is 0 Å². The lowest BCUT2D eigenvalue weighted by atomic mass is 10.0. The van der Waals surface area contributed by atoms with Crippen LogP contribution < -0.4 is 0 Å². The van der Waals surface area contributed by atoms with E-state index < -0.39 is 0 Å². The Labute approximate surface area is 156 Å². The predicted molar refractivity (Wildman–Crippen MR) is 104 cm³/mol. The van der Waals surface area contributed by atoms with E-state index in [1.54, 1.807) is 6.07 Å². The van der Waals surface area contributed by atoms with Gasteiger partial charge in [0.05, 0.1) is 11.7 Å². The lowest BCUT2D eigenvalue weighted by molar-refractivity contribution is 0.186. The van der Waals surface area contributed by atoms with E-state index in [1.165, 1.54) is 0 Å². The molecule has 0 radical (unpaired) electrons. The summed E-state index contributed by atoms with van der Waals surface area (Å²) in [5, 5.41) is 6.69. The minimum absolute atomic E-state index is 0.0242. The summed E-state index contributed by atoms with van der Waals surface area (Å²) in [5.41, 5.74) is 2.71. The van der Waals surface area contributed by atoms with Gasteiger partial charge in [-0.05, 0) is 56.5 Å². The number of nitrogens with zero attached hydrogens (tertiary/aromatic N) is 5. The van der Waals surface area contributed by atoms with Crippen LogP contribution in [0.2, 0.25) is 0 Å². The number of likely N-dealkylation sites (N-methyl/N-ethyl adjacent to an activating group) is 1. The molecule has 2 aliphatic heterocycles. The second-order valence-corrected chi connectivity index (χ2v) is 7.76. The normalized spacial score (nSPS) is 21.4. The van der Waals surface area contributed by atoms with Gasteiger partial charge in [-0.25, -0.2) is 14.4 Å². The first-order chi connectivity index (χ1) is 11.4. The molecule has 3 rings (SSSR count). The third-order valence-electron chi connectivity index (χ3n) is 4.41. The molecule has 7 heteroatoms. The molecule has 130 valence electrons. The van der Waals surface area contributed by atoms with Crippen molar-refractivity contribution in [3.8, 4) is 0 Å². The number of hydrogen-bond acceptors (Lipinski definition) is 5. The average Bonchev–Trinajstić information content (AvgIpc) is 2.53. The van der Waals surface area contributed by atoms with Crippen LogP contribution in [0.25, 0.3) is 0 Å². The molecular weight excluding hydrogens is 420 g/mol. The lowest BCUT2D eigenvalue weighted by Gasteiger charge is -2.41. The van der Waals surface area contributed by atoms with Gasteiger partial charge in [0, 0.05) is 47.1 Å². The zero-order valence-corrected chi connectivity index (χ0v) is 16.7. The number of hydrogen-bond donors (Lipinski definition) is 0. The van der Waals surface area contributed by atoms with E-state index in [0.717, 1.165) is 49.1 Å². The number of guanidine groups is 1. The van der Waals surface area contributed by atoms with Crippen molar-refractivity contribution in [2.45, 2.75) is 26.8 Å². The monoisotopic (exact) mass is 443 g/mol. The molecule has 5 nitrogen and oxygen atoms in total. The van der Waals surface area contributed by atoms with Gasteiger partial charge in [0.1, 0.15) is 5.82 Å². The van der Waals surface area contributed by atoms with E-state index in [-0.39, 0.29) is 11.9 Å². The summed E-state index contributed by atoms with van der Waals surface area (Å²) in [5.74, 6) is 0.608. The minimum atomic E-state index is -0.216. The Kier molecular flexibility index (Phi) is 5.10. The number of hydrazone groups is 1. The van der Waals surface area contributed by atoms with Gasteiger partial charge in [0.2, 0.25) is 5.96 Å². The maximum Gasteiger partial charge on any atom is 0.223 e. The van der Waals surface area contributed by atoms with Gasteiger partial charge in [0.15, 0.2) is 0 Å². The van der Waals surface area contributed by atoms with Crippen molar-refractivity contribution < 1.29 is 4.39 Å². The van der Waals surface area contributed by atoms with Crippen LogP contribution in [0.5, 0.6) is 0 Å². The summed E-state index contributed by atoms with van der Waals surface area (Å²) in [4.78, 5) is 9.34. The Balaban J connectivity index is 2.05. The summed E-state index contributed by atoms with van der Waals surface area (Å²) in [6.45, 7) is 9.85. The Morgan fingerprint density at radius 1 is 1.25 bits per heavy atom. The SMILES string of the molecule is CC(C)=NN1C(N2CCN(C)CC2)=Nc2cc(F)c(I)cc2C1C. The first-order valence-electron chi connectivity index (χ1n) is 8.19. The van der Waals surface area contributed by atoms with Gasteiger partial charge < -0.3 is 9.80 Å². The van der Waals surface area contributed by atoms with Gasteiger partial charge in [-0.2, -0.15) is 5.10 Å². The largest absolute Gasteiger partial charge is 0.338 e. The van der Waals surface area contributed by atoms with Crippen molar-refractivity contribution in [1.82, 2.24) is 14.8 Å². The fourth-order valence-electron chi connectivity index (χ4n) is 3.02. The van der Waals surface area contributed by atoms with E-state index >= 15 is 0 Å². The molecule has 1 atom stereocenters. The fraction of sp³-hybridized carbons (Fsp3) is 0.529.